The molecule has 1 aliphatic carbocycles. The van der Waals surface area contributed by atoms with E-state index in [0.717, 1.165) is 5.56 Å². The summed E-state index contributed by atoms with van der Waals surface area (Å²) >= 11 is 5.71. The second kappa shape index (κ2) is 4.90. The van der Waals surface area contributed by atoms with Gasteiger partial charge >= 0.3 is 5.97 Å². The summed E-state index contributed by atoms with van der Waals surface area (Å²) < 4.78 is 15.7. The second-order valence-electron chi connectivity index (χ2n) is 5.01. The molecule has 0 saturated heterocycles. The molecule has 0 radical (unpaired) electrons. The summed E-state index contributed by atoms with van der Waals surface area (Å²) in [4.78, 5) is 14.7. The van der Waals surface area contributed by atoms with E-state index in [1.54, 1.807) is 22.9 Å². The average Bonchev–Trinajstić information content (AvgIpc) is 3.10. The molecule has 1 N–H and O–H groups in total. The minimum Gasteiger partial charge on any atom is -0.481 e. The van der Waals surface area contributed by atoms with E-state index in [0.29, 0.717) is 23.7 Å². The summed E-state index contributed by atoms with van der Waals surface area (Å²) in [5.74, 6) is -1.57. The number of carboxylic acids is 1. The molecule has 3 rings (SSSR count). The van der Waals surface area contributed by atoms with Gasteiger partial charge in [-0.15, -0.1) is 0 Å². The van der Waals surface area contributed by atoms with Crippen molar-refractivity contribution in [2.45, 2.75) is 18.9 Å². The summed E-state index contributed by atoms with van der Waals surface area (Å²) in [5.41, 5.74) is 1.28. The summed E-state index contributed by atoms with van der Waals surface area (Å²) in [7, 11) is 0. The van der Waals surface area contributed by atoms with E-state index in [-0.39, 0.29) is 17.7 Å². The number of imidazole rings is 1. The lowest BCUT2D eigenvalue weighted by molar-refractivity contribution is -0.138. The van der Waals surface area contributed by atoms with E-state index >= 15 is 0 Å². The van der Waals surface area contributed by atoms with E-state index in [9.17, 15) is 9.18 Å². The number of aliphatic carboxylic acids is 1. The Kier molecular flexibility index (Phi) is 3.22. The average molecular weight is 295 g/mol. The molecule has 0 spiro atoms. The van der Waals surface area contributed by atoms with Gasteiger partial charge in [-0.25, -0.2) is 9.37 Å². The number of halogens is 2. The Morgan fingerprint density at radius 2 is 2.35 bits per heavy atom. The molecule has 20 heavy (non-hydrogen) atoms. The van der Waals surface area contributed by atoms with Crippen LogP contribution in [0.25, 0.3) is 0 Å². The normalized spacial score (nSPS) is 20.9. The molecule has 1 aromatic heterocycles. The van der Waals surface area contributed by atoms with Crippen molar-refractivity contribution in [1.29, 1.82) is 0 Å². The molecule has 104 valence electrons. The molecule has 0 aliphatic heterocycles. The first kappa shape index (κ1) is 13.1. The number of rotatable bonds is 4. The molecular weight excluding hydrogens is 283 g/mol. The van der Waals surface area contributed by atoms with Gasteiger partial charge in [-0.2, -0.15) is 0 Å². The van der Waals surface area contributed by atoms with Crippen molar-refractivity contribution in [3.8, 4) is 0 Å². The first-order valence-electron chi connectivity index (χ1n) is 6.23. The third-order valence-electron chi connectivity index (χ3n) is 3.57. The van der Waals surface area contributed by atoms with Crippen molar-refractivity contribution in [2.75, 3.05) is 0 Å². The van der Waals surface area contributed by atoms with Gasteiger partial charge in [-0.1, -0.05) is 23.7 Å². The summed E-state index contributed by atoms with van der Waals surface area (Å²) in [6, 6.07) is 4.92. The maximum absolute atomic E-state index is 14.0. The fourth-order valence-corrected chi connectivity index (χ4v) is 2.54. The quantitative estimate of drug-likeness (QED) is 0.943. The Labute approximate surface area is 119 Å². The lowest BCUT2D eigenvalue weighted by Gasteiger charge is -2.06. The molecule has 1 aromatic carbocycles. The molecule has 2 atom stereocenters. The fourth-order valence-electron chi connectivity index (χ4n) is 2.37. The zero-order chi connectivity index (χ0) is 14.3. The number of aromatic nitrogens is 2. The Balaban J connectivity index is 1.76. The zero-order valence-electron chi connectivity index (χ0n) is 10.5. The van der Waals surface area contributed by atoms with Gasteiger partial charge < -0.3 is 9.67 Å². The van der Waals surface area contributed by atoms with Gasteiger partial charge in [0, 0.05) is 11.8 Å². The first-order valence-corrected chi connectivity index (χ1v) is 6.61. The van der Waals surface area contributed by atoms with Crippen LogP contribution in [0.1, 0.15) is 23.5 Å². The lowest BCUT2D eigenvalue weighted by Crippen LogP contribution is -2.02. The van der Waals surface area contributed by atoms with E-state index in [1.807, 2.05) is 0 Å². The summed E-state index contributed by atoms with van der Waals surface area (Å²) in [6.07, 6.45) is 3.75. The SMILES string of the molecule is O=C(O)[C@@H]1C[C@H]1c1ccc(Cn2cnc(Cl)c2)c(F)c1. The van der Waals surface area contributed by atoms with Crippen molar-refractivity contribution < 1.29 is 14.3 Å². The van der Waals surface area contributed by atoms with E-state index in [4.69, 9.17) is 16.7 Å². The van der Waals surface area contributed by atoms with E-state index < -0.39 is 5.97 Å². The topological polar surface area (TPSA) is 55.1 Å². The number of carbonyl (C=O) groups is 1. The number of hydrogen-bond acceptors (Lipinski definition) is 2. The predicted octanol–water partition coefficient (Wildman–Crippen LogP) is 2.91. The summed E-state index contributed by atoms with van der Waals surface area (Å²) in [5, 5.41) is 9.25. The predicted molar refractivity (Wildman–Crippen MR) is 71.2 cm³/mol. The van der Waals surface area contributed by atoms with Gasteiger partial charge in [0.05, 0.1) is 18.8 Å². The highest BCUT2D eigenvalue weighted by molar-refractivity contribution is 6.29. The van der Waals surface area contributed by atoms with Crippen molar-refractivity contribution in [3.05, 3.63) is 52.8 Å². The number of nitrogens with zero attached hydrogens (tertiary/aromatic N) is 2. The highest BCUT2D eigenvalue weighted by Crippen LogP contribution is 2.47. The van der Waals surface area contributed by atoms with Crippen LogP contribution in [-0.4, -0.2) is 20.6 Å². The fraction of sp³-hybridized carbons (Fsp3) is 0.286. The van der Waals surface area contributed by atoms with Crippen molar-refractivity contribution in [2.24, 2.45) is 5.92 Å². The molecule has 0 bridgehead atoms. The smallest absolute Gasteiger partial charge is 0.307 e. The third-order valence-corrected chi connectivity index (χ3v) is 3.76. The van der Waals surface area contributed by atoms with Crippen LogP contribution in [-0.2, 0) is 11.3 Å². The van der Waals surface area contributed by atoms with Crippen molar-refractivity contribution >= 4 is 17.6 Å². The number of benzene rings is 1. The maximum atomic E-state index is 14.0. The first-order chi connectivity index (χ1) is 9.54. The minimum absolute atomic E-state index is 0.0567. The molecule has 6 heteroatoms. The van der Waals surface area contributed by atoms with Crippen LogP contribution < -0.4 is 0 Å². The molecule has 0 unspecified atom stereocenters. The van der Waals surface area contributed by atoms with Crippen LogP contribution >= 0.6 is 11.6 Å². The summed E-state index contributed by atoms with van der Waals surface area (Å²) in [6.45, 7) is 0.346. The molecule has 4 nitrogen and oxygen atoms in total. The number of hydrogen-bond donors (Lipinski definition) is 1. The highest BCUT2D eigenvalue weighted by Gasteiger charge is 2.44. The molecule has 0 amide bonds. The Bertz CT molecular complexity index is 671. The van der Waals surface area contributed by atoms with Crippen molar-refractivity contribution in [1.82, 2.24) is 9.55 Å². The van der Waals surface area contributed by atoms with Crippen molar-refractivity contribution in [3.63, 3.8) is 0 Å². The van der Waals surface area contributed by atoms with Crippen LogP contribution in [0.15, 0.2) is 30.7 Å². The van der Waals surface area contributed by atoms with E-state index in [2.05, 4.69) is 4.98 Å². The van der Waals surface area contributed by atoms with Crippen LogP contribution in [0.5, 0.6) is 0 Å². The lowest BCUT2D eigenvalue weighted by atomic mass is 10.1. The molecular formula is C14H12ClFN2O2. The second-order valence-corrected chi connectivity index (χ2v) is 5.39. The molecule has 1 fully saturated rings. The molecule has 1 heterocycles. The molecule has 2 aromatic rings. The van der Waals surface area contributed by atoms with Gasteiger partial charge in [-0.3, -0.25) is 4.79 Å². The van der Waals surface area contributed by atoms with E-state index in [1.165, 1.54) is 12.4 Å². The van der Waals surface area contributed by atoms with Gasteiger partial charge in [0.15, 0.2) is 0 Å². The van der Waals surface area contributed by atoms with Crippen LogP contribution in [0.4, 0.5) is 4.39 Å². The van der Waals surface area contributed by atoms with Gasteiger partial charge in [0.2, 0.25) is 0 Å². The van der Waals surface area contributed by atoms with Gasteiger partial charge in [-0.05, 0) is 24.0 Å². The Hall–Kier alpha value is -1.88. The minimum atomic E-state index is -0.812. The Morgan fingerprint density at radius 1 is 1.55 bits per heavy atom. The number of carboxylic acid groups (broad SMARTS) is 1. The Morgan fingerprint density at radius 3 is 2.90 bits per heavy atom. The molecule has 1 aliphatic rings. The largest absolute Gasteiger partial charge is 0.481 e. The van der Waals surface area contributed by atoms with Gasteiger partial charge in [0.25, 0.3) is 0 Å². The van der Waals surface area contributed by atoms with Crippen LogP contribution in [0.3, 0.4) is 0 Å². The van der Waals surface area contributed by atoms with Crippen LogP contribution in [0, 0.1) is 11.7 Å². The van der Waals surface area contributed by atoms with Crippen LogP contribution in [0.2, 0.25) is 5.15 Å². The maximum Gasteiger partial charge on any atom is 0.307 e. The zero-order valence-corrected chi connectivity index (χ0v) is 11.2. The monoisotopic (exact) mass is 294 g/mol. The highest BCUT2D eigenvalue weighted by atomic mass is 35.5. The third kappa shape index (κ3) is 2.54. The van der Waals surface area contributed by atoms with Gasteiger partial charge in [0.1, 0.15) is 11.0 Å². The standard InChI is InChI=1S/C14H12ClFN2O2/c15-13-6-18(7-17-13)5-9-2-1-8(3-12(9)16)10-4-11(10)14(19)20/h1-3,6-7,10-11H,4-5H2,(H,19,20)/t10-,11+/m0/s1. The molecule has 1 saturated carbocycles.